The predicted octanol–water partition coefficient (Wildman–Crippen LogP) is 3.70. The molecule has 2 saturated heterocycles. The van der Waals surface area contributed by atoms with Crippen molar-refractivity contribution in [1.82, 2.24) is 9.88 Å². The summed E-state index contributed by atoms with van der Waals surface area (Å²) in [6.45, 7) is 8.96. The first-order chi connectivity index (χ1) is 13.6. The molecule has 2 aliphatic heterocycles. The van der Waals surface area contributed by atoms with E-state index in [1.807, 2.05) is 6.92 Å². The summed E-state index contributed by atoms with van der Waals surface area (Å²) >= 11 is 0. The van der Waals surface area contributed by atoms with Gasteiger partial charge in [0.25, 0.3) is 0 Å². The monoisotopic (exact) mass is 377 g/mol. The fourth-order valence-corrected chi connectivity index (χ4v) is 4.16. The minimum atomic E-state index is 0.471. The number of allylic oxidation sites excluding steroid dienone is 2. The van der Waals surface area contributed by atoms with E-state index in [0.29, 0.717) is 23.3 Å². The van der Waals surface area contributed by atoms with Gasteiger partial charge in [-0.1, -0.05) is 6.58 Å². The molecular weight excluding hydrogens is 350 g/mol. The highest BCUT2D eigenvalue weighted by atomic mass is 16.5. The Morgan fingerprint density at radius 2 is 2.25 bits per heavy atom. The van der Waals surface area contributed by atoms with Gasteiger partial charge in [-0.25, -0.2) is 9.98 Å². The van der Waals surface area contributed by atoms with E-state index in [2.05, 4.69) is 33.9 Å². The average Bonchev–Trinajstić information content (AvgIpc) is 3.37. The number of hydrogen-bond donors (Lipinski definition) is 1. The second kappa shape index (κ2) is 8.15. The molecule has 0 radical (unpaired) electrons. The van der Waals surface area contributed by atoms with E-state index in [-0.39, 0.29) is 0 Å². The number of hydrogen-bond acceptors (Lipinski definition) is 5. The summed E-state index contributed by atoms with van der Waals surface area (Å²) in [5.41, 5.74) is 1.72. The van der Waals surface area contributed by atoms with Gasteiger partial charge in [-0.05, 0) is 68.2 Å². The third-order valence-electron chi connectivity index (χ3n) is 5.86. The van der Waals surface area contributed by atoms with Crippen LogP contribution in [0.3, 0.4) is 0 Å². The van der Waals surface area contributed by atoms with Crippen LogP contribution in [0.25, 0.3) is 0 Å². The number of aliphatic imine (C=N–C) groups is 1. The Morgan fingerprint density at radius 3 is 2.93 bits per heavy atom. The van der Waals surface area contributed by atoms with Gasteiger partial charge in [0.2, 0.25) is 0 Å². The lowest BCUT2D eigenvalue weighted by Crippen LogP contribution is -2.24. The molecule has 2 unspecified atom stereocenters. The maximum absolute atomic E-state index is 9.07. The Hall–Kier alpha value is -2.65. The number of piperidine rings is 1. The van der Waals surface area contributed by atoms with Crippen LogP contribution in [-0.4, -0.2) is 41.5 Å². The summed E-state index contributed by atoms with van der Waals surface area (Å²) in [4.78, 5) is 11.6. The predicted molar refractivity (Wildman–Crippen MR) is 110 cm³/mol. The molecule has 1 saturated carbocycles. The molecule has 1 N–H and O–H groups in total. The first-order valence-corrected chi connectivity index (χ1v) is 10.1. The molecule has 0 spiro atoms. The molecule has 1 aromatic heterocycles. The number of likely N-dealkylation sites (tertiary alicyclic amines) is 1. The molecule has 6 heteroatoms. The summed E-state index contributed by atoms with van der Waals surface area (Å²) in [6.07, 6.45) is 8.38. The molecule has 3 fully saturated rings. The van der Waals surface area contributed by atoms with E-state index in [9.17, 15) is 0 Å². The molecular formula is C22H27N5O. The second-order valence-electron chi connectivity index (χ2n) is 7.87. The summed E-state index contributed by atoms with van der Waals surface area (Å²) in [6, 6.07) is 6.19. The van der Waals surface area contributed by atoms with Crippen molar-refractivity contribution in [2.45, 2.75) is 38.6 Å². The zero-order valence-corrected chi connectivity index (χ0v) is 16.4. The Labute approximate surface area is 166 Å². The highest BCUT2D eigenvalue weighted by molar-refractivity contribution is 5.93. The van der Waals surface area contributed by atoms with Crippen molar-refractivity contribution in [1.29, 1.82) is 5.26 Å². The maximum Gasteiger partial charge on any atom is 0.132 e. The molecule has 3 heterocycles. The van der Waals surface area contributed by atoms with E-state index >= 15 is 0 Å². The van der Waals surface area contributed by atoms with Gasteiger partial charge in [-0.3, -0.25) is 0 Å². The number of amidine groups is 1. The zero-order valence-electron chi connectivity index (χ0n) is 16.4. The molecule has 6 nitrogen and oxygen atoms in total. The molecule has 4 rings (SSSR count). The number of fused-ring (bicyclic) bond motifs is 1. The van der Waals surface area contributed by atoms with Crippen molar-refractivity contribution in [3.8, 4) is 6.07 Å². The molecule has 146 valence electrons. The van der Waals surface area contributed by atoms with Crippen LogP contribution in [0.4, 0.5) is 5.82 Å². The summed E-state index contributed by atoms with van der Waals surface area (Å²) in [5.74, 6) is 3.69. The maximum atomic E-state index is 9.07. The zero-order chi connectivity index (χ0) is 19.5. The quantitative estimate of drug-likeness (QED) is 0.481. The standard InChI is InChI=1S/C22H27N5O/c1-15(18-5-9-28-10-6-18)11-22(27-8-4-19-13-20(19)27)26-16(2)25-21-12-17(14-23)3-7-24-21/h3,7,11-12,18-20H,1,4-6,8-10,13H2,2H3,(H,24,25,26)/b22-11+. The lowest BCUT2D eigenvalue weighted by molar-refractivity contribution is 0.0766. The normalized spacial score (nSPS) is 25.2. The second-order valence-corrected chi connectivity index (χ2v) is 7.87. The molecule has 28 heavy (non-hydrogen) atoms. The Morgan fingerprint density at radius 1 is 1.43 bits per heavy atom. The number of ether oxygens (including phenoxy) is 1. The SMILES string of the molecule is C=C(/C=C(\N=C(/C)Nc1cc(C#N)ccn1)N1CCC2CC21)C1CCOCC1. The van der Waals surface area contributed by atoms with Crippen LogP contribution in [0.1, 0.15) is 38.2 Å². The molecule has 1 aliphatic carbocycles. The van der Waals surface area contributed by atoms with Crippen LogP contribution in [0, 0.1) is 23.2 Å². The Kier molecular flexibility index (Phi) is 5.45. The summed E-state index contributed by atoms with van der Waals surface area (Å²) < 4.78 is 5.49. The third-order valence-corrected chi connectivity index (χ3v) is 5.86. The summed E-state index contributed by atoms with van der Waals surface area (Å²) in [7, 11) is 0. The highest BCUT2D eigenvalue weighted by Gasteiger charge is 2.47. The number of nitrogens with zero attached hydrogens (tertiary/aromatic N) is 4. The number of nitrogens with one attached hydrogen (secondary N) is 1. The number of pyridine rings is 1. The van der Waals surface area contributed by atoms with Crippen molar-refractivity contribution in [2.24, 2.45) is 16.8 Å². The van der Waals surface area contributed by atoms with Gasteiger partial charge in [-0.2, -0.15) is 5.26 Å². The van der Waals surface area contributed by atoms with Crippen LogP contribution in [-0.2, 0) is 4.74 Å². The Bertz CT molecular complexity index is 847. The van der Waals surface area contributed by atoms with Gasteiger partial charge in [0.1, 0.15) is 17.5 Å². The van der Waals surface area contributed by atoms with Gasteiger partial charge >= 0.3 is 0 Å². The number of aromatic nitrogens is 1. The first kappa shape index (κ1) is 18.7. The van der Waals surface area contributed by atoms with Crippen molar-refractivity contribution in [2.75, 3.05) is 25.1 Å². The molecule has 0 bridgehead atoms. The Balaban J connectivity index is 1.54. The average molecular weight is 377 g/mol. The molecule has 0 amide bonds. The van der Waals surface area contributed by atoms with Crippen molar-refractivity contribution < 1.29 is 4.74 Å². The fourth-order valence-electron chi connectivity index (χ4n) is 4.16. The van der Waals surface area contributed by atoms with Crippen LogP contribution in [0.2, 0.25) is 0 Å². The van der Waals surface area contributed by atoms with Gasteiger partial charge in [0, 0.05) is 32.0 Å². The smallest absolute Gasteiger partial charge is 0.132 e. The van der Waals surface area contributed by atoms with Gasteiger partial charge in [-0.15, -0.1) is 0 Å². The summed E-state index contributed by atoms with van der Waals surface area (Å²) in [5, 5.41) is 12.3. The number of anilines is 1. The van der Waals surface area contributed by atoms with E-state index in [1.54, 1.807) is 18.3 Å². The molecule has 3 aliphatic rings. The largest absolute Gasteiger partial charge is 0.381 e. The molecule has 1 aromatic rings. The fraction of sp³-hybridized carbons (Fsp3) is 0.500. The van der Waals surface area contributed by atoms with Crippen LogP contribution >= 0.6 is 0 Å². The number of nitriles is 1. The van der Waals surface area contributed by atoms with E-state index in [4.69, 9.17) is 15.0 Å². The first-order valence-electron chi connectivity index (χ1n) is 10.1. The van der Waals surface area contributed by atoms with E-state index in [0.717, 1.165) is 55.7 Å². The molecule has 0 aromatic carbocycles. The highest BCUT2D eigenvalue weighted by Crippen LogP contribution is 2.46. The van der Waals surface area contributed by atoms with Crippen molar-refractivity contribution in [3.63, 3.8) is 0 Å². The lowest BCUT2D eigenvalue weighted by atomic mass is 9.92. The lowest BCUT2D eigenvalue weighted by Gasteiger charge is -2.25. The molecule has 2 atom stereocenters. The van der Waals surface area contributed by atoms with Crippen molar-refractivity contribution in [3.05, 3.63) is 47.9 Å². The topological polar surface area (TPSA) is 73.5 Å². The van der Waals surface area contributed by atoms with E-state index < -0.39 is 0 Å². The number of rotatable bonds is 5. The van der Waals surface area contributed by atoms with Crippen molar-refractivity contribution >= 4 is 11.7 Å². The van der Waals surface area contributed by atoms with Gasteiger partial charge in [0.05, 0.1) is 11.6 Å². The van der Waals surface area contributed by atoms with Crippen LogP contribution in [0.5, 0.6) is 0 Å². The van der Waals surface area contributed by atoms with Gasteiger partial charge < -0.3 is 15.0 Å². The van der Waals surface area contributed by atoms with Crippen LogP contribution < -0.4 is 5.32 Å². The third kappa shape index (κ3) is 4.26. The van der Waals surface area contributed by atoms with Crippen LogP contribution in [0.15, 0.2) is 47.4 Å². The minimum absolute atomic E-state index is 0.471. The minimum Gasteiger partial charge on any atom is -0.381 e. The van der Waals surface area contributed by atoms with Gasteiger partial charge in [0.15, 0.2) is 0 Å². The van der Waals surface area contributed by atoms with E-state index in [1.165, 1.54) is 12.8 Å².